The Labute approximate surface area is 210 Å². The highest BCUT2D eigenvalue weighted by atomic mass is 16.5. The summed E-state index contributed by atoms with van der Waals surface area (Å²) < 4.78 is 12.8. The smallest absolute Gasteiger partial charge is 0.224 e. The van der Waals surface area contributed by atoms with E-state index in [4.69, 9.17) is 9.47 Å². The van der Waals surface area contributed by atoms with E-state index < -0.39 is 0 Å². The minimum Gasteiger partial charge on any atom is -0.494 e. The maximum Gasteiger partial charge on any atom is 0.224 e. The number of aromatic nitrogens is 4. The van der Waals surface area contributed by atoms with Crippen LogP contribution < -0.4 is 20.1 Å². The molecule has 0 unspecified atom stereocenters. The minimum absolute atomic E-state index is 0.174. The van der Waals surface area contributed by atoms with Crippen LogP contribution in [-0.4, -0.2) is 69.4 Å². The molecule has 11 heteroatoms. The summed E-state index contributed by atoms with van der Waals surface area (Å²) in [6.45, 7) is 7.12. The molecule has 1 saturated heterocycles. The molecule has 4 rings (SSSR count). The number of anilines is 2. The molecule has 2 N–H and O–H groups in total. The lowest BCUT2D eigenvalue weighted by molar-refractivity contribution is -0.127. The van der Waals surface area contributed by atoms with Crippen molar-refractivity contribution < 1.29 is 19.1 Å². The van der Waals surface area contributed by atoms with E-state index in [0.717, 1.165) is 25.9 Å². The third-order valence-corrected chi connectivity index (χ3v) is 5.82. The van der Waals surface area contributed by atoms with Crippen molar-refractivity contribution >= 4 is 29.0 Å². The number of benzene rings is 1. The molecule has 0 spiro atoms. The minimum atomic E-state index is -0.174. The molecule has 0 bridgehead atoms. The zero-order valence-corrected chi connectivity index (χ0v) is 20.8. The predicted molar refractivity (Wildman–Crippen MR) is 135 cm³/mol. The maximum atomic E-state index is 12.7. The molecule has 0 atom stereocenters. The van der Waals surface area contributed by atoms with Gasteiger partial charge in [-0.1, -0.05) is 0 Å². The highest BCUT2D eigenvalue weighted by Gasteiger charge is 2.19. The quantitative estimate of drug-likeness (QED) is 0.347. The van der Waals surface area contributed by atoms with Crippen molar-refractivity contribution in [2.24, 2.45) is 0 Å². The van der Waals surface area contributed by atoms with Crippen molar-refractivity contribution in [3.05, 3.63) is 36.2 Å². The third kappa shape index (κ3) is 6.41. The highest BCUT2D eigenvalue weighted by molar-refractivity contribution is 5.92. The van der Waals surface area contributed by atoms with Gasteiger partial charge in [-0.15, -0.1) is 15.3 Å². The molecule has 3 aromatic rings. The average molecular weight is 496 g/mol. The summed E-state index contributed by atoms with van der Waals surface area (Å²) in [6.07, 6.45) is 3.03. The number of likely N-dealkylation sites (tertiary alicyclic amines) is 1. The Balaban J connectivity index is 1.33. The molecule has 1 aliphatic heterocycles. The van der Waals surface area contributed by atoms with Gasteiger partial charge >= 0.3 is 0 Å². The van der Waals surface area contributed by atoms with Crippen LogP contribution in [0.3, 0.4) is 0 Å². The number of nitrogens with one attached hydrogen (secondary N) is 2. The molecule has 1 aliphatic rings. The average Bonchev–Trinajstić information content (AvgIpc) is 3.47. The van der Waals surface area contributed by atoms with Crippen molar-refractivity contribution in [1.29, 1.82) is 0 Å². The lowest BCUT2D eigenvalue weighted by Crippen LogP contribution is -2.27. The van der Waals surface area contributed by atoms with Gasteiger partial charge in [0.2, 0.25) is 11.8 Å². The highest BCUT2D eigenvalue weighted by Crippen LogP contribution is 2.29. The first-order valence-corrected chi connectivity index (χ1v) is 12.5. The van der Waals surface area contributed by atoms with Crippen LogP contribution >= 0.6 is 0 Å². The van der Waals surface area contributed by atoms with Crippen molar-refractivity contribution in [3.63, 3.8) is 0 Å². The van der Waals surface area contributed by atoms with Crippen LogP contribution in [0.4, 0.5) is 11.5 Å². The predicted octanol–water partition coefficient (Wildman–Crippen LogP) is 2.92. The fourth-order valence-corrected chi connectivity index (χ4v) is 4.09. The number of fused-ring (bicyclic) bond motifs is 1. The molecule has 1 fully saturated rings. The third-order valence-electron chi connectivity index (χ3n) is 5.82. The van der Waals surface area contributed by atoms with Crippen molar-refractivity contribution in [3.8, 4) is 11.5 Å². The molecule has 0 aliphatic carbocycles. The Bertz CT molecular complexity index is 1200. The fraction of sp³-hybridized carbons (Fsp3) is 0.480. The Morgan fingerprint density at radius 1 is 1.11 bits per heavy atom. The lowest BCUT2D eigenvalue weighted by atomic mass is 10.2. The van der Waals surface area contributed by atoms with E-state index >= 15 is 0 Å². The van der Waals surface area contributed by atoms with Crippen LogP contribution in [0.1, 0.15) is 45.4 Å². The standard InChI is InChI=1S/C25H33N7O4/c1-3-35-18-8-9-20(36-4-2)19(17-18)27-24(33)13-12-23-29-28-22-11-10-21(30-32(22)23)26-14-6-16-31-15-5-7-25(31)34/h8-11,17H,3-7,12-16H2,1-2H3,(H,26,30)(H,27,33). The summed E-state index contributed by atoms with van der Waals surface area (Å²) in [4.78, 5) is 26.4. The van der Waals surface area contributed by atoms with Crippen LogP contribution in [-0.2, 0) is 16.0 Å². The second-order valence-corrected chi connectivity index (χ2v) is 8.44. The first-order chi connectivity index (χ1) is 17.6. The van der Waals surface area contributed by atoms with E-state index in [9.17, 15) is 9.59 Å². The van der Waals surface area contributed by atoms with Crippen molar-refractivity contribution in [2.45, 2.75) is 46.0 Å². The number of carbonyl (C=O) groups excluding carboxylic acids is 2. The monoisotopic (exact) mass is 495 g/mol. The van der Waals surface area contributed by atoms with Gasteiger partial charge in [0, 0.05) is 45.0 Å². The number of aryl methyl sites for hydroxylation is 1. The number of nitrogens with zero attached hydrogens (tertiary/aromatic N) is 5. The fourth-order valence-electron chi connectivity index (χ4n) is 4.09. The Morgan fingerprint density at radius 3 is 2.75 bits per heavy atom. The van der Waals surface area contributed by atoms with E-state index in [0.29, 0.717) is 67.1 Å². The number of ether oxygens (including phenoxy) is 2. The lowest BCUT2D eigenvalue weighted by Gasteiger charge is -2.15. The zero-order chi connectivity index (χ0) is 25.3. The summed E-state index contributed by atoms with van der Waals surface area (Å²) in [6, 6.07) is 9.05. The van der Waals surface area contributed by atoms with E-state index in [1.54, 1.807) is 16.6 Å². The van der Waals surface area contributed by atoms with Gasteiger partial charge in [0.25, 0.3) is 0 Å². The molecule has 1 aromatic carbocycles. The summed E-state index contributed by atoms with van der Waals surface area (Å²) in [5, 5.41) is 19.2. The van der Waals surface area contributed by atoms with Crippen LogP contribution in [0, 0.1) is 0 Å². The van der Waals surface area contributed by atoms with Crippen LogP contribution in [0.2, 0.25) is 0 Å². The van der Waals surface area contributed by atoms with Gasteiger partial charge < -0.3 is 25.0 Å². The molecule has 0 saturated carbocycles. The molecular weight excluding hydrogens is 462 g/mol. The van der Waals surface area contributed by atoms with E-state index in [-0.39, 0.29) is 18.2 Å². The first kappa shape index (κ1) is 25.2. The molecule has 192 valence electrons. The number of hydrogen-bond acceptors (Lipinski definition) is 8. The molecule has 11 nitrogen and oxygen atoms in total. The van der Waals surface area contributed by atoms with Crippen molar-refractivity contribution in [1.82, 2.24) is 24.7 Å². The Kier molecular flexibility index (Phi) is 8.53. The van der Waals surface area contributed by atoms with Gasteiger partial charge in [0.15, 0.2) is 11.5 Å². The number of hydrogen-bond donors (Lipinski definition) is 2. The second kappa shape index (κ2) is 12.2. The molecule has 36 heavy (non-hydrogen) atoms. The number of carbonyl (C=O) groups is 2. The summed E-state index contributed by atoms with van der Waals surface area (Å²) in [5.74, 6) is 2.61. The van der Waals surface area contributed by atoms with Crippen LogP contribution in [0.5, 0.6) is 11.5 Å². The molecule has 2 aromatic heterocycles. The van der Waals surface area contributed by atoms with Gasteiger partial charge in [-0.2, -0.15) is 4.52 Å². The molecular formula is C25H33N7O4. The maximum absolute atomic E-state index is 12.7. The largest absolute Gasteiger partial charge is 0.494 e. The van der Waals surface area contributed by atoms with Crippen LogP contribution in [0.25, 0.3) is 5.65 Å². The van der Waals surface area contributed by atoms with Gasteiger partial charge in [0.1, 0.15) is 17.3 Å². The van der Waals surface area contributed by atoms with Crippen LogP contribution in [0.15, 0.2) is 30.3 Å². The molecule has 2 amide bonds. The van der Waals surface area contributed by atoms with E-state index in [1.165, 1.54) is 0 Å². The zero-order valence-electron chi connectivity index (χ0n) is 20.8. The summed E-state index contributed by atoms with van der Waals surface area (Å²) in [5.41, 5.74) is 1.18. The molecule has 0 radical (unpaired) electrons. The number of rotatable bonds is 13. The van der Waals surface area contributed by atoms with Gasteiger partial charge in [-0.25, -0.2) is 0 Å². The van der Waals surface area contributed by atoms with Gasteiger partial charge in [-0.3, -0.25) is 9.59 Å². The topological polar surface area (TPSA) is 123 Å². The van der Waals surface area contributed by atoms with Gasteiger partial charge in [-0.05, 0) is 51.0 Å². The Hall–Kier alpha value is -3.89. The summed E-state index contributed by atoms with van der Waals surface area (Å²) >= 11 is 0. The summed E-state index contributed by atoms with van der Waals surface area (Å²) in [7, 11) is 0. The molecule has 3 heterocycles. The van der Waals surface area contributed by atoms with E-state index in [2.05, 4.69) is 25.9 Å². The van der Waals surface area contributed by atoms with Crippen molar-refractivity contribution in [2.75, 3.05) is 43.5 Å². The van der Waals surface area contributed by atoms with Gasteiger partial charge in [0.05, 0.1) is 18.9 Å². The SMILES string of the molecule is CCOc1ccc(OCC)c(NC(=O)CCc2nnc3ccc(NCCCN4CCCC4=O)nn23)c1. The van der Waals surface area contributed by atoms with E-state index in [1.807, 2.05) is 36.9 Å². The second-order valence-electron chi connectivity index (χ2n) is 8.44. The number of amides is 2. The Morgan fingerprint density at radius 2 is 1.97 bits per heavy atom. The first-order valence-electron chi connectivity index (χ1n) is 12.5. The normalized spacial score (nSPS) is 13.3.